The first-order valence-corrected chi connectivity index (χ1v) is 4.89. The summed E-state index contributed by atoms with van der Waals surface area (Å²) in [6.07, 6.45) is 4.80. The van der Waals surface area contributed by atoms with E-state index in [1.165, 1.54) is 0 Å². The molecule has 0 saturated carbocycles. The van der Waals surface area contributed by atoms with E-state index in [2.05, 4.69) is 15.0 Å². The molecule has 0 radical (unpaired) electrons. The fourth-order valence-corrected chi connectivity index (χ4v) is 1.17. The topological polar surface area (TPSA) is 73.9 Å². The second-order valence-electron chi connectivity index (χ2n) is 3.29. The van der Waals surface area contributed by atoms with E-state index < -0.39 is 0 Å². The summed E-state index contributed by atoms with van der Waals surface area (Å²) in [6, 6.07) is 3.70. The summed E-state index contributed by atoms with van der Waals surface area (Å²) in [5.41, 5.74) is 7.09. The maximum absolute atomic E-state index is 5.48. The Bertz CT molecular complexity index is 470. The monoisotopic (exact) mass is 216 g/mol. The van der Waals surface area contributed by atoms with Crippen molar-refractivity contribution in [3.8, 4) is 11.6 Å². The molecule has 0 aliphatic rings. The molecule has 2 heterocycles. The molecule has 2 aromatic heterocycles. The van der Waals surface area contributed by atoms with Crippen molar-refractivity contribution < 1.29 is 4.74 Å². The molecule has 16 heavy (non-hydrogen) atoms. The summed E-state index contributed by atoms with van der Waals surface area (Å²) in [6.45, 7) is 2.26. The molecular formula is C11H12N4O. The highest BCUT2D eigenvalue weighted by Gasteiger charge is 2.00. The summed E-state index contributed by atoms with van der Waals surface area (Å²) in [5, 5.41) is 0. The van der Waals surface area contributed by atoms with Gasteiger partial charge in [0.05, 0.1) is 18.1 Å². The Kier molecular flexibility index (Phi) is 3.07. The molecule has 0 unspecified atom stereocenters. The van der Waals surface area contributed by atoms with Gasteiger partial charge in [0, 0.05) is 18.4 Å². The van der Waals surface area contributed by atoms with Crippen LogP contribution >= 0.6 is 0 Å². The minimum absolute atomic E-state index is 0.344. The lowest BCUT2D eigenvalue weighted by Crippen LogP contribution is -2.01. The molecule has 0 atom stereocenters. The highest BCUT2D eigenvalue weighted by Crippen LogP contribution is 2.17. The van der Waals surface area contributed by atoms with Crippen molar-refractivity contribution in [1.82, 2.24) is 15.0 Å². The standard InChI is InChI=1S/C11H12N4O/c1-8-2-3-10(6-14-8)16-11-7-13-5-9(4-12)15-11/h2-3,5-7H,4,12H2,1H3. The van der Waals surface area contributed by atoms with Crippen LogP contribution in [0.25, 0.3) is 0 Å². The van der Waals surface area contributed by atoms with Crippen LogP contribution < -0.4 is 10.5 Å². The number of nitrogens with zero attached hydrogens (tertiary/aromatic N) is 3. The smallest absolute Gasteiger partial charge is 0.238 e. The molecule has 0 amide bonds. The second-order valence-corrected chi connectivity index (χ2v) is 3.29. The van der Waals surface area contributed by atoms with Gasteiger partial charge in [0.1, 0.15) is 5.75 Å². The summed E-state index contributed by atoms with van der Waals surface area (Å²) in [5.74, 6) is 1.06. The van der Waals surface area contributed by atoms with Crippen LogP contribution in [0.5, 0.6) is 11.6 Å². The average Bonchev–Trinajstić information content (AvgIpc) is 2.32. The zero-order chi connectivity index (χ0) is 11.4. The Morgan fingerprint density at radius 3 is 2.81 bits per heavy atom. The van der Waals surface area contributed by atoms with Crippen LogP contribution in [-0.2, 0) is 6.54 Å². The minimum atomic E-state index is 0.344. The van der Waals surface area contributed by atoms with Gasteiger partial charge >= 0.3 is 0 Å². The maximum atomic E-state index is 5.48. The zero-order valence-electron chi connectivity index (χ0n) is 8.92. The number of rotatable bonds is 3. The largest absolute Gasteiger partial charge is 0.436 e. The number of hydrogen-bond donors (Lipinski definition) is 1. The van der Waals surface area contributed by atoms with Crippen LogP contribution in [0.15, 0.2) is 30.7 Å². The number of hydrogen-bond acceptors (Lipinski definition) is 5. The molecule has 0 aliphatic carbocycles. The van der Waals surface area contributed by atoms with Gasteiger partial charge in [-0.15, -0.1) is 0 Å². The molecule has 0 fully saturated rings. The molecule has 0 aromatic carbocycles. The SMILES string of the molecule is Cc1ccc(Oc2cncc(CN)n2)cn1. The Balaban J connectivity index is 2.16. The number of aryl methyl sites for hydroxylation is 1. The Morgan fingerprint density at radius 2 is 2.12 bits per heavy atom. The van der Waals surface area contributed by atoms with Crippen LogP contribution in [0, 0.1) is 6.92 Å². The third-order valence-electron chi connectivity index (χ3n) is 1.98. The Morgan fingerprint density at radius 1 is 1.25 bits per heavy atom. The minimum Gasteiger partial charge on any atom is -0.436 e. The molecule has 82 valence electrons. The first kappa shape index (κ1) is 10.5. The van der Waals surface area contributed by atoms with Crippen LogP contribution in [-0.4, -0.2) is 15.0 Å². The van der Waals surface area contributed by atoms with E-state index in [9.17, 15) is 0 Å². The van der Waals surface area contributed by atoms with Crippen molar-refractivity contribution in [3.63, 3.8) is 0 Å². The van der Waals surface area contributed by atoms with Gasteiger partial charge in [-0.1, -0.05) is 0 Å². The van der Waals surface area contributed by atoms with Gasteiger partial charge in [0.15, 0.2) is 0 Å². The first-order valence-electron chi connectivity index (χ1n) is 4.89. The number of pyridine rings is 1. The van der Waals surface area contributed by atoms with E-state index in [-0.39, 0.29) is 0 Å². The fraction of sp³-hybridized carbons (Fsp3) is 0.182. The first-order chi connectivity index (χ1) is 7.78. The van der Waals surface area contributed by atoms with Crippen molar-refractivity contribution in [2.75, 3.05) is 0 Å². The molecule has 0 bridgehead atoms. The lowest BCUT2D eigenvalue weighted by atomic mass is 10.4. The molecular weight excluding hydrogens is 204 g/mol. The molecule has 2 aromatic rings. The highest BCUT2D eigenvalue weighted by molar-refractivity contribution is 5.24. The normalized spacial score (nSPS) is 10.1. The third-order valence-corrected chi connectivity index (χ3v) is 1.98. The highest BCUT2D eigenvalue weighted by atomic mass is 16.5. The zero-order valence-corrected chi connectivity index (χ0v) is 8.92. The fourth-order valence-electron chi connectivity index (χ4n) is 1.17. The van der Waals surface area contributed by atoms with Crippen molar-refractivity contribution in [2.45, 2.75) is 13.5 Å². The number of ether oxygens (including phenoxy) is 1. The molecule has 2 N–H and O–H groups in total. The number of aromatic nitrogens is 3. The van der Waals surface area contributed by atoms with Crippen molar-refractivity contribution in [3.05, 3.63) is 42.1 Å². The van der Waals surface area contributed by atoms with Gasteiger partial charge in [0.25, 0.3) is 0 Å². The second kappa shape index (κ2) is 4.67. The van der Waals surface area contributed by atoms with E-state index in [1.807, 2.05) is 19.1 Å². The Labute approximate surface area is 93.3 Å². The van der Waals surface area contributed by atoms with E-state index in [1.54, 1.807) is 18.6 Å². The summed E-state index contributed by atoms with van der Waals surface area (Å²) in [7, 11) is 0. The van der Waals surface area contributed by atoms with E-state index in [0.717, 1.165) is 5.69 Å². The molecule has 5 heteroatoms. The van der Waals surface area contributed by atoms with E-state index in [4.69, 9.17) is 10.5 Å². The van der Waals surface area contributed by atoms with Gasteiger partial charge < -0.3 is 10.5 Å². The number of nitrogens with two attached hydrogens (primary N) is 1. The summed E-state index contributed by atoms with van der Waals surface area (Å²) < 4.78 is 5.48. The Hall–Kier alpha value is -2.01. The third kappa shape index (κ3) is 2.52. The van der Waals surface area contributed by atoms with Gasteiger partial charge in [-0.2, -0.15) is 0 Å². The van der Waals surface area contributed by atoms with Crippen molar-refractivity contribution in [1.29, 1.82) is 0 Å². The van der Waals surface area contributed by atoms with Gasteiger partial charge in [-0.3, -0.25) is 9.97 Å². The summed E-state index contributed by atoms with van der Waals surface area (Å²) in [4.78, 5) is 12.3. The van der Waals surface area contributed by atoms with Crippen molar-refractivity contribution in [2.24, 2.45) is 5.73 Å². The van der Waals surface area contributed by atoms with Gasteiger partial charge in [0.2, 0.25) is 5.88 Å². The predicted molar refractivity (Wildman–Crippen MR) is 59.0 cm³/mol. The molecule has 0 aliphatic heterocycles. The molecule has 0 spiro atoms. The van der Waals surface area contributed by atoms with Crippen LogP contribution in [0.4, 0.5) is 0 Å². The van der Waals surface area contributed by atoms with Crippen LogP contribution in [0.2, 0.25) is 0 Å². The quantitative estimate of drug-likeness (QED) is 0.840. The van der Waals surface area contributed by atoms with E-state index in [0.29, 0.717) is 23.9 Å². The lowest BCUT2D eigenvalue weighted by molar-refractivity contribution is 0.455. The van der Waals surface area contributed by atoms with Crippen LogP contribution in [0.3, 0.4) is 0 Å². The van der Waals surface area contributed by atoms with E-state index >= 15 is 0 Å². The van der Waals surface area contributed by atoms with Gasteiger partial charge in [-0.25, -0.2) is 4.98 Å². The van der Waals surface area contributed by atoms with Crippen LogP contribution in [0.1, 0.15) is 11.4 Å². The average molecular weight is 216 g/mol. The predicted octanol–water partition coefficient (Wildman–Crippen LogP) is 1.43. The lowest BCUT2D eigenvalue weighted by Gasteiger charge is -2.04. The maximum Gasteiger partial charge on any atom is 0.238 e. The molecule has 0 saturated heterocycles. The molecule has 5 nitrogen and oxygen atoms in total. The summed E-state index contributed by atoms with van der Waals surface area (Å²) >= 11 is 0. The van der Waals surface area contributed by atoms with Crippen molar-refractivity contribution >= 4 is 0 Å². The van der Waals surface area contributed by atoms with Gasteiger partial charge in [-0.05, 0) is 19.1 Å². The molecule has 2 rings (SSSR count).